The lowest BCUT2D eigenvalue weighted by Crippen LogP contribution is -2.19. The molecule has 0 aromatic heterocycles. The van der Waals surface area contributed by atoms with Crippen molar-refractivity contribution in [2.45, 2.75) is 37.1 Å². The summed E-state index contributed by atoms with van der Waals surface area (Å²) in [5, 5.41) is 3.44. The van der Waals surface area contributed by atoms with Gasteiger partial charge in [0.1, 0.15) is 0 Å². The first-order chi connectivity index (χ1) is 9.12. The zero-order valence-corrected chi connectivity index (χ0v) is 12.1. The Morgan fingerprint density at radius 1 is 1.21 bits per heavy atom. The fraction of sp³-hybridized carbons (Fsp3) is 0.571. The van der Waals surface area contributed by atoms with Crippen LogP contribution in [0.3, 0.4) is 0 Å². The number of sulfone groups is 1. The molecule has 5 heteroatoms. The zero-order valence-electron chi connectivity index (χ0n) is 11.3. The Labute approximate surface area is 115 Å². The minimum atomic E-state index is -3.10. The van der Waals surface area contributed by atoms with Crippen molar-refractivity contribution in [1.82, 2.24) is 0 Å². The van der Waals surface area contributed by atoms with Crippen LogP contribution in [-0.2, 0) is 14.6 Å². The largest absolute Gasteiger partial charge is 0.382 e. The molecular formula is C14H21NO3S. The SMILES string of the molecule is CCS(=O)(=O)c1ccc(NC2CCCOCC2)cc1. The van der Waals surface area contributed by atoms with E-state index in [1.54, 1.807) is 19.1 Å². The molecule has 1 aliphatic rings. The Morgan fingerprint density at radius 3 is 2.63 bits per heavy atom. The molecule has 106 valence electrons. The first-order valence-electron chi connectivity index (χ1n) is 6.79. The van der Waals surface area contributed by atoms with Gasteiger partial charge in [-0.1, -0.05) is 6.92 Å². The fourth-order valence-electron chi connectivity index (χ4n) is 2.21. The van der Waals surface area contributed by atoms with Crippen molar-refractivity contribution >= 4 is 15.5 Å². The lowest BCUT2D eigenvalue weighted by molar-refractivity contribution is 0.144. The average molecular weight is 283 g/mol. The molecule has 4 nitrogen and oxygen atoms in total. The van der Waals surface area contributed by atoms with Crippen LogP contribution >= 0.6 is 0 Å². The van der Waals surface area contributed by atoms with E-state index in [2.05, 4.69) is 5.32 Å². The van der Waals surface area contributed by atoms with E-state index in [1.807, 2.05) is 12.1 Å². The molecule has 1 N–H and O–H groups in total. The highest BCUT2D eigenvalue weighted by atomic mass is 32.2. The van der Waals surface area contributed by atoms with Crippen molar-refractivity contribution in [3.63, 3.8) is 0 Å². The van der Waals surface area contributed by atoms with Gasteiger partial charge in [0.25, 0.3) is 0 Å². The smallest absolute Gasteiger partial charge is 0.178 e. The lowest BCUT2D eigenvalue weighted by Gasteiger charge is -2.17. The van der Waals surface area contributed by atoms with E-state index in [0.29, 0.717) is 10.9 Å². The number of nitrogens with one attached hydrogen (secondary N) is 1. The number of ether oxygens (including phenoxy) is 1. The predicted molar refractivity (Wildman–Crippen MR) is 76.2 cm³/mol. The van der Waals surface area contributed by atoms with Crippen molar-refractivity contribution < 1.29 is 13.2 Å². The van der Waals surface area contributed by atoms with Gasteiger partial charge < -0.3 is 10.1 Å². The van der Waals surface area contributed by atoms with Gasteiger partial charge >= 0.3 is 0 Å². The summed E-state index contributed by atoms with van der Waals surface area (Å²) >= 11 is 0. The molecule has 1 aromatic carbocycles. The minimum Gasteiger partial charge on any atom is -0.382 e. The second-order valence-electron chi connectivity index (χ2n) is 4.81. The van der Waals surface area contributed by atoms with E-state index in [9.17, 15) is 8.42 Å². The minimum absolute atomic E-state index is 0.139. The second-order valence-corrected chi connectivity index (χ2v) is 7.09. The van der Waals surface area contributed by atoms with Gasteiger partial charge in [-0.15, -0.1) is 0 Å². The lowest BCUT2D eigenvalue weighted by atomic mass is 10.1. The molecule has 0 aliphatic carbocycles. The summed E-state index contributed by atoms with van der Waals surface area (Å²) in [5.41, 5.74) is 0.974. The van der Waals surface area contributed by atoms with Crippen LogP contribution in [0.5, 0.6) is 0 Å². The van der Waals surface area contributed by atoms with Crippen molar-refractivity contribution in [3.05, 3.63) is 24.3 Å². The maximum Gasteiger partial charge on any atom is 0.178 e. The Bertz CT molecular complexity index is 488. The van der Waals surface area contributed by atoms with Gasteiger partial charge in [0, 0.05) is 24.9 Å². The molecule has 1 aliphatic heterocycles. The van der Waals surface area contributed by atoms with Crippen LogP contribution in [0.15, 0.2) is 29.2 Å². The molecular weight excluding hydrogens is 262 g/mol. The molecule has 1 atom stereocenters. The molecule has 2 rings (SSSR count). The standard InChI is InChI=1S/C14H21NO3S/c1-2-19(16,17)14-7-5-13(6-8-14)15-12-4-3-10-18-11-9-12/h5-8,12,15H,2-4,9-11H2,1H3. The first kappa shape index (κ1) is 14.3. The molecule has 1 unspecified atom stereocenters. The number of hydrogen-bond acceptors (Lipinski definition) is 4. The van der Waals surface area contributed by atoms with E-state index in [-0.39, 0.29) is 5.75 Å². The Hall–Kier alpha value is -1.07. The molecule has 1 saturated heterocycles. The number of anilines is 1. The molecule has 0 amide bonds. The number of benzene rings is 1. The summed E-state index contributed by atoms with van der Waals surface area (Å²) in [6, 6.07) is 7.45. The molecule has 0 radical (unpaired) electrons. The molecule has 0 spiro atoms. The van der Waals surface area contributed by atoms with Crippen LogP contribution in [0.2, 0.25) is 0 Å². The Balaban J connectivity index is 2.02. The van der Waals surface area contributed by atoms with Crippen molar-refractivity contribution in [3.8, 4) is 0 Å². The van der Waals surface area contributed by atoms with Gasteiger partial charge in [-0.2, -0.15) is 0 Å². The van der Waals surface area contributed by atoms with E-state index in [1.165, 1.54) is 0 Å². The van der Waals surface area contributed by atoms with Crippen LogP contribution in [0, 0.1) is 0 Å². The maximum absolute atomic E-state index is 11.7. The highest BCUT2D eigenvalue weighted by Crippen LogP contribution is 2.18. The second kappa shape index (κ2) is 6.39. The summed E-state index contributed by atoms with van der Waals surface area (Å²) in [6.45, 7) is 3.29. The van der Waals surface area contributed by atoms with Crippen LogP contribution in [0.25, 0.3) is 0 Å². The number of hydrogen-bond donors (Lipinski definition) is 1. The van der Waals surface area contributed by atoms with Gasteiger partial charge in [0.05, 0.1) is 10.6 Å². The third-order valence-corrected chi connectivity index (χ3v) is 5.17. The average Bonchev–Trinajstić information content (AvgIpc) is 2.68. The van der Waals surface area contributed by atoms with Crippen molar-refractivity contribution in [1.29, 1.82) is 0 Å². The molecule has 1 heterocycles. The fourth-order valence-corrected chi connectivity index (χ4v) is 3.09. The molecule has 0 bridgehead atoms. The normalized spacial score (nSPS) is 20.8. The Kier molecular flexibility index (Phi) is 4.82. The maximum atomic E-state index is 11.7. The van der Waals surface area contributed by atoms with E-state index in [4.69, 9.17) is 4.74 Å². The van der Waals surface area contributed by atoms with E-state index in [0.717, 1.165) is 38.2 Å². The highest BCUT2D eigenvalue weighted by Gasteiger charge is 2.14. The molecule has 1 aromatic rings. The third kappa shape index (κ3) is 3.94. The van der Waals surface area contributed by atoms with Gasteiger partial charge in [-0.3, -0.25) is 0 Å². The van der Waals surface area contributed by atoms with Crippen molar-refractivity contribution in [2.75, 3.05) is 24.3 Å². The first-order valence-corrected chi connectivity index (χ1v) is 8.44. The quantitative estimate of drug-likeness (QED) is 0.922. The summed E-state index contributed by atoms with van der Waals surface area (Å²) in [5.74, 6) is 0.139. The van der Waals surface area contributed by atoms with Crippen molar-refractivity contribution in [2.24, 2.45) is 0 Å². The highest BCUT2D eigenvalue weighted by molar-refractivity contribution is 7.91. The van der Waals surface area contributed by atoms with E-state index < -0.39 is 9.84 Å². The Morgan fingerprint density at radius 2 is 1.95 bits per heavy atom. The van der Waals surface area contributed by atoms with Crippen LogP contribution < -0.4 is 5.32 Å². The predicted octanol–water partition coefficient (Wildman–Crippen LogP) is 2.46. The van der Waals surface area contributed by atoms with Gasteiger partial charge in [0.15, 0.2) is 9.84 Å². The summed E-state index contributed by atoms with van der Waals surface area (Å²) in [6.07, 6.45) is 3.16. The topological polar surface area (TPSA) is 55.4 Å². The van der Waals surface area contributed by atoms with Gasteiger partial charge in [0.2, 0.25) is 0 Å². The molecule has 0 saturated carbocycles. The van der Waals surface area contributed by atoms with Crippen LogP contribution in [0.4, 0.5) is 5.69 Å². The third-order valence-electron chi connectivity index (χ3n) is 3.42. The molecule has 19 heavy (non-hydrogen) atoms. The summed E-state index contributed by atoms with van der Waals surface area (Å²) < 4.78 is 28.8. The van der Waals surface area contributed by atoms with Gasteiger partial charge in [-0.05, 0) is 43.5 Å². The summed E-state index contributed by atoms with van der Waals surface area (Å²) in [4.78, 5) is 0.393. The molecule has 1 fully saturated rings. The number of rotatable bonds is 4. The van der Waals surface area contributed by atoms with Crippen LogP contribution in [-0.4, -0.2) is 33.4 Å². The van der Waals surface area contributed by atoms with Crippen LogP contribution in [0.1, 0.15) is 26.2 Å². The zero-order chi connectivity index (χ0) is 13.7. The van der Waals surface area contributed by atoms with Gasteiger partial charge in [-0.25, -0.2) is 8.42 Å². The monoisotopic (exact) mass is 283 g/mol. The summed E-state index contributed by atoms with van der Waals surface area (Å²) in [7, 11) is -3.10. The van der Waals surface area contributed by atoms with E-state index >= 15 is 0 Å².